The number of benzene rings is 2. The number of amides is 1. The Kier molecular flexibility index (Phi) is 4.81. The molecule has 0 fully saturated rings. The number of nitrogens with zero attached hydrogens (tertiary/aromatic N) is 2. The quantitative estimate of drug-likeness (QED) is 0.727. The van der Waals surface area contributed by atoms with Crippen LogP contribution in [0.15, 0.2) is 42.6 Å². The lowest BCUT2D eigenvalue weighted by molar-refractivity contribution is 0.102. The molecule has 1 aromatic heterocycles. The van der Waals surface area contributed by atoms with Crippen LogP contribution in [0, 0.1) is 12.7 Å². The zero-order valence-electron chi connectivity index (χ0n) is 14.1. The van der Waals surface area contributed by atoms with Gasteiger partial charge in [-0.15, -0.1) is 0 Å². The van der Waals surface area contributed by atoms with E-state index < -0.39 is 5.91 Å². The van der Waals surface area contributed by atoms with Gasteiger partial charge < -0.3 is 15.8 Å². The number of aromatic nitrogens is 2. The van der Waals surface area contributed by atoms with Gasteiger partial charge in [-0.25, -0.2) is 9.07 Å². The van der Waals surface area contributed by atoms with Crippen LogP contribution in [0.5, 0.6) is 5.75 Å². The minimum Gasteiger partial charge on any atom is -0.495 e. The van der Waals surface area contributed by atoms with E-state index in [2.05, 4.69) is 10.4 Å². The van der Waals surface area contributed by atoms with E-state index in [9.17, 15) is 9.18 Å². The SMILES string of the molecule is COc1cc(Cl)ccc1NC(=O)c1cnn(-c2cccc(F)c2C)c1N. The van der Waals surface area contributed by atoms with Crippen LogP contribution in [0.2, 0.25) is 5.02 Å². The second-order valence-corrected chi connectivity index (χ2v) is 5.97. The summed E-state index contributed by atoms with van der Waals surface area (Å²) in [5, 5.41) is 7.31. The smallest absolute Gasteiger partial charge is 0.261 e. The molecule has 0 aliphatic rings. The van der Waals surface area contributed by atoms with Gasteiger partial charge in [0.05, 0.1) is 24.7 Å². The molecule has 1 heterocycles. The van der Waals surface area contributed by atoms with Crippen LogP contribution >= 0.6 is 11.6 Å². The Morgan fingerprint density at radius 3 is 2.85 bits per heavy atom. The van der Waals surface area contributed by atoms with Gasteiger partial charge in [0.2, 0.25) is 0 Å². The molecule has 0 aliphatic heterocycles. The number of carbonyl (C=O) groups is 1. The van der Waals surface area contributed by atoms with E-state index in [4.69, 9.17) is 22.1 Å². The van der Waals surface area contributed by atoms with Crippen molar-refractivity contribution in [1.29, 1.82) is 0 Å². The molecule has 0 saturated heterocycles. The van der Waals surface area contributed by atoms with Crippen LogP contribution in [-0.4, -0.2) is 22.8 Å². The fraction of sp³-hybridized carbons (Fsp3) is 0.111. The maximum atomic E-state index is 13.8. The van der Waals surface area contributed by atoms with Gasteiger partial charge in [0, 0.05) is 16.7 Å². The second-order valence-electron chi connectivity index (χ2n) is 5.54. The Morgan fingerprint density at radius 2 is 2.12 bits per heavy atom. The van der Waals surface area contributed by atoms with Crippen molar-refractivity contribution in [1.82, 2.24) is 9.78 Å². The van der Waals surface area contributed by atoms with E-state index in [1.807, 2.05) is 0 Å². The third kappa shape index (κ3) is 3.21. The number of ether oxygens (including phenoxy) is 1. The van der Waals surface area contributed by atoms with E-state index in [1.165, 1.54) is 24.1 Å². The molecular formula is C18H16ClFN4O2. The molecule has 2 aromatic carbocycles. The monoisotopic (exact) mass is 374 g/mol. The number of nitrogens with one attached hydrogen (secondary N) is 1. The minimum absolute atomic E-state index is 0.101. The molecule has 3 N–H and O–H groups in total. The summed E-state index contributed by atoms with van der Waals surface area (Å²) in [6.07, 6.45) is 1.33. The lowest BCUT2D eigenvalue weighted by Crippen LogP contribution is -2.15. The van der Waals surface area contributed by atoms with Crippen molar-refractivity contribution in [3.63, 3.8) is 0 Å². The summed E-state index contributed by atoms with van der Waals surface area (Å²) in [6.45, 7) is 1.62. The first-order valence-electron chi connectivity index (χ1n) is 7.66. The molecule has 134 valence electrons. The Hall–Kier alpha value is -3.06. The molecule has 8 heteroatoms. The van der Waals surface area contributed by atoms with Gasteiger partial charge in [-0.3, -0.25) is 4.79 Å². The number of methoxy groups -OCH3 is 1. The number of hydrogen-bond donors (Lipinski definition) is 2. The van der Waals surface area contributed by atoms with Crippen molar-refractivity contribution in [3.8, 4) is 11.4 Å². The van der Waals surface area contributed by atoms with Crippen LogP contribution in [0.3, 0.4) is 0 Å². The van der Waals surface area contributed by atoms with Crippen molar-refractivity contribution in [3.05, 3.63) is 64.6 Å². The van der Waals surface area contributed by atoms with Crippen molar-refractivity contribution < 1.29 is 13.9 Å². The molecule has 0 unspecified atom stereocenters. The number of nitrogen functional groups attached to an aromatic ring is 1. The summed E-state index contributed by atoms with van der Waals surface area (Å²) in [6, 6.07) is 9.40. The van der Waals surface area contributed by atoms with Crippen molar-refractivity contribution in [2.45, 2.75) is 6.92 Å². The van der Waals surface area contributed by atoms with Gasteiger partial charge in [0.15, 0.2) is 0 Å². The summed E-state index contributed by atoms with van der Waals surface area (Å²) in [4.78, 5) is 12.6. The summed E-state index contributed by atoms with van der Waals surface area (Å²) in [5.74, 6) is -0.334. The van der Waals surface area contributed by atoms with Crippen LogP contribution in [-0.2, 0) is 0 Å². The van der Waals surface area contributed by atoms with Crippen LogP contribution in [0.25, 0.3) is 5.69 Å². The van der Waals surface area contributed by atoms with Crippen LogP contribution in [0.4, 0.5) is 15.9 Å². The summed E-state index contributed by atoms with van der Waals surface area (Å²) < 4.78 is 20.3. The predicted molar refractivity (Wildman–Crippen MR) is 98.6 cm³/mol. The molecule has 1 amide bonds. The molecule has 0 atom stereocenters. The molecule has 0 aliphatic carbocycles. The highest BCUT2D eigenvalue weighted by Crippen LogP contribution is 2.29. The molecular weight excluding hydrogens is 359 g/mol. The average molecular weight is 375 g/mol. The van der Waals surface area contributed by atoms with E-state index in [0.29, 0.717) is 27.7 Å². The Morgan fingerprint density at radius 1 is 1.35 bits per heavy atom. The van der Waals surface area contributed by atoms with Crippen LogP contribution < -0.4 is 15.8 Å². The first kappa shape index (κ1) is 17.8. The predicted octanol–water partition coefficient (Wildman–Crippen LogP) is 3.82. The highest BCUT2D eigenvalue weighted by atomic mass is 35.5. The third-order valence-corrected chi connectivity index (χ3v) is 4.17. The van der Waals surface area contributed by atoms with Gasteiger partial charge >= 0.3 is 0 Å². The molecule has 0 spiro atoms. The molecule has 26 heavy (non-hydrogen) atoms. The zero-order chi connectivity index (χ0) is 18.8. The summed E-state index contributed by atoms with van der Waals surface area (Å²) >= 11 is 5.92. The number of carbonyl (C=O) groups excluding carboxylic acids is 1. The highest BCUT2D eigenvalue weighted by Gasteiger charge is 2.19. The Labute approximate surface area is 154 Å². The molecule has 3 aromatic rings. The molecule has 0 saturated carbocycles. The van der Waals surface area contributed by atoms with E-state index >= 15 is 0 Å². The summed E-state index contributed by atoms with van der Waals surface area (Å²) in [7, 11) is 1.47. The molecule has 6 nitrogen and oxygen atoms in total. The van der Waals surface area contributed by atoms with Crippen LogP contribution in [0.1, 0.15) is 15.9 Å². The van der Waals surface area contributed by atoms with E-state index in [0.717, 1.165) is 0 Å². The highest BCUT2D eigenvalue weighted by molar-refractivity contribution is 6.30. The van der Waals surface area contributed by atoms with Gasteiger partial charge in [0.1, 0.15) is 22.9 Å². The van der Waals surface area contributed by atoms with Gasteiger partial charge in [0.25, 0.3) is 5.91 Å². The summed E-state index contributed by atoms with van der Waals surface area (Å²) in [5.41, 5.74) is 7.51. The number of rotatable bonds is 4. The van der Waals surface area contributed by atoms with Gasteiger partial charge in [-0.1, -0.05) is 17.7 Å². The zero-order valence-corrected chi connectivity index (χ0v) is 14.8. The largest absolute Gasteiger partial charge is 0.495 e. The lowest BCUT2D eigenvalue weighted by atomic mass is 10.2. The normalized spacial score (nSPS) is 10.6. The maximum absolute atomic E-state index is 13.8. The first-order chi connectivity index (χ1) is 12.4. The molecule has 0 radical (unpaired) electrons. The third-order valence-electron chi connectivity index (χ3n) is 3.93. The topological polar surface area (TPSA) is 82.2 Å². The molecule has 0 bridgehead atoms. The van der Waals surface area contributed by atoms with Gasteiger partial charge in [-0.2, -0.15) is 5.10 Å². The first-order valence-corrected chi connectivity index (χ1v) is 8.04. The lowest BCUT2D eigenvalue weighted by Gasteiger charge is -2.11. The average Bonchev–Trinajstić information content (AvgIpc) is 3.00. The van der Waals surface area contributed by atoms with Crippen molar-refractivity contribution >= 4 is 29.0 Å². The standard InChI is InChI=1S/C18H16ClFN4O2/c1-10-13(20)4-3-5-15(10)24-17(21)12(9-22-24)18(25)23-14-7-6-11(19)8-16(14)26-2/h3-9H,21H2,1-2H3,(H,23,25). The Bertz CT molecular complexity index is 987. The van der Waals surface area contributed by atoms with E-state index in [-0.39, 0.29) is 17.2 Å². The van der Waals surface area contributed by atoms with E-state index in [1.54, 1.807) is 37.3 Å². The maximum Gasteiger partial charge on any atom is 0.261 e. The number of halogens is 2. The minimum atomic E-state index is -0.469. The van der Waals surface area contributed by atoms with Gasteiger partial charge in [-0.05, 0) is 31.2 Å². The number of nitrogens with two attached hydrogens (primary N) is 1. The fourth-order valence-corrected chi connectivity index (χ4v) is 2.67. The number of hydrogen-bond acceptors (Lipinski definition) is 4. The van der Waals surface area contributed by atoms with Crippen molar-refractivity contribution in [2.75, 3.05) is 18.2 Å². The fourth-order valence-electron chi connectivity index (χ4n) is 2.51. The number of anilines is 2. The van der Waals surface area contributed by atoms with Crippen molar-refractivity contribution in [2.24, 2.45) is 0 Å². The Balaban J connectivity index is 1.93. The molecule has 3 rings (SSSR count). The second kappa shape index (κ2) is 7.05.